The lowest BCUT2D eigenvalue weighted by Gasteiger charge is -2.17. The average Bonchev–Trinajstić information content (AvgIpc) is 2.80. The van der Waals surface area contributed by atoms with Crippen LogP contribution in [0.3, 0.4) is 0 Å². The topological polar surface area (TPSA) is 76.7 Å². The Morgan fingerprint density at radius 2 is 2.11 bits per heavy atom. The monoisotopic (exact) mass is 281 g/mol. The minimum Gasteiger partial charge on any atom is -0.369 e. The van der Waals surface area contributed by atoms with Crippen molar-refractivity contribution in [2.24, 2.45) is 0 Å². The zero-order chi connectivity index (χ0) is 13.9. The van der Waals surface area contributed by atoms with Gasteiger partial charge in [0, 0.05) is 24.4 Å². The second kappa shape index (κ2) is 5.52. The van der Waals surface area contributed by atoms with Crippen molar-refractivity contribution >= 4 is 17.4 Å². The Morgan fingerprint density at radius 1 is 1.32 bits per heavy atom. The van der Waals surface area contributed by atoms with E-state index in [1.165, 1.54) is 6.39 Å². The molecule has 0 aliphatic rings. The van der Waals surface area contributed by atoms with Gasteiger partial charge in [-0.2, -0.15) is 4.98 Å². The second-order valence-electron chi connectivity index (χ2n) is 5.17. The summed E-state index contributed by atoms with van der Waals surface area (Å²) in [6, 6.07) is 1.70. The predicted molar refractivity (Wildman–Crippen MR) is 72.2 cm³/mol. The lowest BCUT2D eigenvalue weighted by molar-refractivity contribution is 0.410. The van der Waals surface area contributed by atoms with E-state index in [9.17, 15) is 0 Å². The van der Waals surface area contributed by atoms with Crippen molar-refractivity contribution in [3.8, 4) is 0 Å². The van der Waals surface area contributed by atoms with E-state index in [2.05, 4.69) is 29.9 Å². The predicted octanol–water partition coefficient (Wildman–Crippen LogP) is 2.47. The number of nitrogens with zero attached hydrogens (tertiary/aromatic N) is 4. The molecule has 0 spiro atoms. The molecule has 0 amide bonds. The summed E-state index contributed by atoms with van der Waals surface area (Å²) < 4.78 is 4.66. The molecule has 2 aromatic heterocycles. The van der Waals surface area contributed by atoms with Gasteiger partial charge in [0.2, 0.25) is 6.39 Å². The molecule has 0 aromatic carbocycles. The van der Waals surface area contributed by atoms with E-state index < -0.39 is 0 Å². The van der Waals surface area contributed by atoms with Crippen LogP contribution in [-0.4, -0.2) is 26.7 Å². The van der Waals surface area contributed by atoms with Gasteiger partial charge in [-0.05, 0) is 0 Å². The molecule has 0 bridgehead atoms. The fourth-order valence-corrected chi connectivity index (χ4v) is 1.63. The maximum Gasteiger partial charge on any atom is 0.213 e. The average molecular weight is 282 g/mol. The molecule has 0 atom stereocenters. The summed E-state index contributed by atoms with van der Waals surface area (Å²) in [5.41, 5.74) is -0.144. The van der Waals surface area contributed by atoms with Crippen LogP contribution in [0, 0.1) is 0 Å². The second-order valence-corrected chi connectivity index (χ2v) is 5.56. The Hall–Kier alpha value is -1.69. The van der Waals surface area contributed by atoms with Gasteiger partial charge < -0.3 is 9.84 Å². The highest BCUT2D eigenvalue weighted by molar-refractivity contribution is 6.29. The molecule has 1 N–H and O–H groups in total. The largest absolute Gasteiger partial charge is 0.369 e. The van der Waals surface area contributed by atoms with Crippen molar-refractivity contribution in [3.63, 3.8) is 0 Å². The van der Waals surface area contributed by atoms with Gasteiger partial charge in [-0.1, -0.05) is 37.5 Å². The Labute approximate surface area is 116 Å². The van der Waals surface area contributed by atoms with Crippen molar-refractivity contribution in [2.45, 2.75) is 32.6 Å². The summed E-state index contributed by atoms with van der Waals surface area (Å²) in [4.78, 5) is 12.6. The summed E-state index contributed by atoms with van der Waals surface area (Å²) in [6.45, 7) is 6.78. The first kappa shape index (κ1) is 13.7. The number of halogens is 1. The molecule has 0 aliphatic carbocycles. The number of rotatable bonds is 4. The molecular weight excluding hydrogens is 266 g/mol. The van der Waals surface area contributed by atoms with Crippen molar-refractivity contribution in [1.29, 1.82) is 0 Å². The first-order chi connectivity index (χ1) is 8.95. The van der Waals surface area contributed by atoms with E-state index >= 15 is 0 Å². The van der Waals surface area contributed by atoms with Crippen LogP contribution in [0.2, 0.25) is 5.15 Å². The first-order valence-corrected chi connectivity index (χ1v) is 6.37. The molecule has 7 heteroatoms. The van der Waals surface area contributed by atoms with Crippen LogP contribution >= 0.6 is 11.6 Å². The Kier molecular flexibility index (Phi) is 3.99. The first-order valence-electron chi connectivity index (χ1n) is 5.99. The molecule has 19 heavy (non-hydrogen) atoms. The zero-order valence-corrected chi connectivity index (χ0v) is 11.9. The highest BCUT2D eigenvalue weighted by Crippen LogP contribution is 2.22. The molecular formula is C12H16ClN5O. The van der Waals surface area contributed by atoms with Crippen molar-refractivity contribution in [3.05, 3.63) is 29.3 Å². The molecule has 0 radical (unpaired) electrons. The van der Waals surface area contributed by atoms with Crippen LogP contribution in [0.5, 0.6) is 0 Å². The highest BCUT2D eigenvalue weighted by Gasteiger charge is 2.18. The summed E-state index contributed by atoms with van der Waals surface area (Å²) in [5.74, 6) is 2.07. The van der Waals surface area contributed by atoms with Gasteiger partial charge in [-0.3, -0.25) is 0 Å². The number of hydrogen-bond donors (Lipinski definition) is 1. The van der Waals surface area contributed by atoms with E-state index in [0.717, 1.165) is 0 Å². The van der Waals surface area contributed by atoms with Crippen LogP contribution in [0.1, 0.15) is 32.4 Å². The Balaban J connectivity index is 2.02. The quantitative estimate of drug-likeness (QED) is 0.868. The number of nitrogens with one attached hydrogen (secondary N) is 1. The number of hydrogen-bond acceptors (Lipinski definition) is 6. The summed E-state index contributed by atoms with van der Waals surface area (Å²) in [7, 11) is 0. The summed E-state index contributed by atoms with van der Waals surface area (Å²) in [6.07, 6.45) is 1.97. The van der Waals surface area contributed by atoms with Crippen molar-refractivity contribution in [1.82, 2.24) is 20.1 Å². The lowest BCUT2D eigenvalue weighted by atomic mass is 9.96. The minimum atomic E-state index is -0.144. The molecule has 2 heterocycles. The van der Waals surface area contributed by atoms with Gasteiger partial charge in [0.05, 0.1) is 0 Å². The summed E-state index contributed by atoms with van der Waals surface area (Å²) >= 11 is 6.00. The standard InChI is InChI=1S/C12H16ClN5O/c1-12(2,3)11-16-8(13)6-10(17-11)14-5-4-9-15-7-19-18-9/h6-7H,4-5H2,1-3H3,(H,14,16,17). The van der Waals surface area contributed by atoms with E-state index in [4.69, 9.17) is 11.6 Å². The van der Waals surface area contributed by atoms with Gasteiger partial charge in [0.1, 0.15) is 16.8 Å². The molecule has 0 saturated carbocycles. The van der Waals surface area contributed by atoms with Crippen LogP contribution in [0.4, 0.5) is 5.82 Å². The van der Waals surface area contributed by atoms with Crippen LogP contribution in [-0.2, 0) is 11.8 Å². The fraction of sp³-hybridized carbons (Fsp3) is 0.500. The fourth-order valence-electron chi connectivity index (χ4n) is 1.45. The van der Waals surface area contributed by atoms with Crippen molar-refractivity contribution < 1.29 is 4.52 Å². The van der Waals surface area contributed by atoms with E-state index in [0.29, 0.717) is 35.6 Å². The van der Waals surface area contributed by atoms with Gasteiger partial charge in [0.15, 0.2) is 5.82 Å². The number of anilines is 1. The summed E-state index contributed by atoms with van der Waals surface area (Å²) in [5, 5.41) is 7.35. The normalized spacial score (nSPS) is 11.6. The smallest absolute Gasteiger partial charge is 0.213 e. The Morgan fingerprint density at radius 3 is 2.74 bits per heavy atom. The van der Waals surface area contributed by atoms with Gasteiger partial charge in [-0.15, -0.1) is 0 Å². The lowest BCUT2D eigenvalue weighted by Crippen LogP contribution is -2.18. The highest BCUT2D eigenvalue weighted by atomic mass is 35.5. The third kappa shape index (κ3) is 3.89. The maximum atomic E-state index is 6.00. The van der Waals surface area contributed by atoms with E-state index in [1.54, 1.807) is 6.07 Å². The molecule has 0 aliphatic heterocycles. The van der Waals surface area contributed by atoms with Gasteiger partial charge >= 0.3 is 0 Å². The van der Waals surface area contributed by atoms with Crippen LogP contribution in [0.15, 0.2) is 17.0 Å². The molecule has 0 fully saturated rings. The van der Waals surface area contributed by atoms with Gasteiger partial charge in [0.25, 0.3) is 0 Å². The van der Waals surface area contributed by atoms with E-state index in [-0.39, 0.29) is 5.41 Å². The molecule has 6 nitrogen and oxygen atoms in total. The molecule has 0 unspecified atom stereocenters. The molecule has 2 aromatic rings. The van der Waals surface area contributed by atoms with Gasteiger partial charge in [-0.25, -0.2) is 9.97 Å². The van der Waals surface area contributed by atoms with Crippen LogP contribution in [0.25, 0.3) is 0 Å². The third-order valence-corrected chi connectivity index (χ3v) is 2.62. The molecule has 0 saturated heterocycles. The Bertz CT molecular complexity index is 536. The van der Waals surface area contributed by atoms with Crippen LogP contribution < -0.4 is 5.32 Å². The third-order valence-electron chi connectivity index (χ3n) is 2.43. The maximum absolute atomic E-state index is 6.00. The number of aromatic nitrogens is 4. The van der Waals surface area contributed by atoms with E-state index in [1.807, 2.05) is 20.8 Å². The van der Waals surface area contributed by atoms with Crippen molar-refractivity contribution in [2.75, 3.05) is 11.9 Å². The molecule has 102 valence electrons. The molecule has 2 rings (SSSR count). The minimum absolute atomic E-state index is 0.144. The zero-order valence-electron chi connectivity index (χ0n) is 11.1. The SMILES string of the molecule is CC(C)(C)c1nc(Cl)cc(NCCc2ncon2)n1.